The number of rotatable bonds is 9. The van der Waals surface area contributed by atoms with Crippen LogP contribution in [0.2, 0.25) is 0 Å². The van der Waals surface area contributed by atoms with Crippen LogP contribution < -0.4 is 20.1 Å². The normalized spacial score (nSPS) is 10.6. The second-order valence-electron chi connectivity index (χ2n) is 7.48. The predicted molar refractivity (Wildman–Crippen MR) is 131 cm³/mol. The number of furan rings is 1. The van der Waals surface area contributed by atoms with Gasteiger partial charge in [-0.1, -0.05) is 18.2 Å². The second kappa shape index (κ2) is 10.6. The summed E-state index contributed by atoms with van der Waals surface area (Å²) in [4.78, 5) is 24.8. The number of hydrogen-bond donors (Lipinski definition) is 2. The minimum absolute atomic E-state index is 0.165. The number of anilines is 1. The van der Waals surface area contributed by atoms with Crippen LogP contribution in [0.25, 0.3) is 22.3 Å². The van der Waals surface area contributed by atoms with Gasteiger partial charge in [0.15, 0.2) is 11.5 Å². The Hall–Kier alpha value is -4.26. The van der Waals surface area contributed by atoms with E-state index in [2.05, 4.69) is 10.6 Å². The largest absolute Gasteiger partial charge is 0.490 e. The topological polar surface area (TPSA) is 89.8 Å². The van der Waals surface area contributed by atoms with Crippen LogP contribution in [0.4, 0.5) is 5.69 Å². The summed E-state index contributed by atoms with van der Waals surface area (Å²) in [6, 6.07) is 22.1. The molecule has 0 aliphatic rings. The van der Waals surface area contributed by atoms with Crippen LogP contribution >= 0.6 is 0 Å². The Morgan fingerprint density at radius 2 is 1.59 bits per heavy atom. The van der Waals surface area contributed by atoms with Crippen LogP contribution in [0.5, 0.6) is 11.5 Å². The SMILES string of the molecule is CCOc1ccc(C(=O)NCC(=O)Nc2ccc(-c3cc4ccccc4o3)cc2)cc1OCC. The van der Waals surface area contributed by atoms with Gasteiger partial charge in [0.2, 0.25) is 5.91 Å². The van der Waals surface area contributed by atoms with Gasteiger partial charge in [-0.2, -0.15) is 0 Å². The lowest BCUT2D eigenvalue weighted by Gasteiger charge is -2.12. The fourth-order valence-corrected chi connectivity index (χ4v) is 3.50. The third-order valence-corrected chi connectivity index (χ3v) is 5.09. The summed E-state index contributed by atoms with van der Waals surface area (Å²) in [6.07, 6.45) is 0. The molecule has 0 aliphatic carbocycles. The van der Waals surface area contributed by atoms with Crippen LogP contribution in [0.15, 0.2) is 77.2 Å². The first-order chi connectivity index (χ1) is 16.6. The molecular weight excluding hydrogens is 432 g/mol. The van der Waals surface area contributed by atoms with Gasteiger partial charge in [-0.15, -0.1) is 0 Å². The molecule has 0 aliphatic heterocycles. The van der Waals surface area contributed by atoms with E-state index in [1.54, 1.807) is 30.3 Å². The highest BCUT2D eigenvalue weighted by atomic mass is 16.5. The van der Waals surface area contributed by atoms with E-state index in [9.17, 15) is 9.59 Å². The standard InChI is InChI=1S/C27H26N2O5/c1-3-32-23-14-11-20(16-25(23)33-4-2)27(31)28-17-26(30)29-21-12-9-18(10-13-21)24-15-19-7-5-6-8-22(19)34-24/h5-16H,3-4,17H2,1-2H3,(H,28,31)(H,29,30). The van der Waals surface area contributed by atoms with Crippen molar-refractivity contribution in [2.24, 2.45) is 0 Å². The summed E-state index contributed by atoms with van der Waals surface area (Å²) >= 11 is 0. The van der Waals surface area contributed by atoms with Crippen LogP contribution in [0.3, 0.4) is 0 Å². The zero-order valence-corrected chi connectivity index (χ0v) is 19.1. The van der Waals surface area contributed by atoms with Crippen molar-refractivity contribution in [2.45, 2.75) is 13.8 Å². The maximum atomic E-state index is 12.5. The van der Waals surface area contributed by atoms with Gasteiger partial charge in [0, 0.05) is 22.2 Å². The molecule has 0 atom stereocenters. The average molecular weight is 459 g/mol. The molecule has 0 spiro atoms. The Kier molecular flexibility index (Phi) is 7.13. The molecule has 34 heavy (non-hydrogen) atoms. The molecule has 4 aromatic rings. The van der Waals surface area contributed by atoms with E-state index in [4.69, 9.17) is 13.9 Å². The molecular formula is C27H26N2O5. The third-order valence-electron chi connectivity index (χ3n) is 5.09. The molecule has 0 saturated carbocycles. The number of nitrogens with one attached hydrogen (secondary N) is 2. The number of amides is 2. The smallest absolute Gasteiger partial charge is 0.251 e. The molecule has 0 fully saturated rings. The molecule has 1 aromatic heterocycles. The predicted octanol–water partition coefficient (Wildman–Crippen LogP) is 5.27. The van der Waals surface area contributed by atoms with Crippen molar-refractivity contribution in [3.8, 4) is 22.8 Å². The van der Waals surface area contributed by atoms with Gasteiger partial charge in [-0.25, -0.2) is 0 Å². The van der Waals surface area contributed by atoms with E-state index in [1.165, 1.54) is 0 Å². The molecule has 3 aromatic carbocycles. The van der Waals surface area contributed by atoms with Crippen molar-refractivity contribution in [3.63, 3.8) is 0 Å². The van der Waals surface area contributed by atoms with Crippen molar-refractivity contribution in [1.29, 1.82) is 0 Å². The Labute approximate surface area is 197 Å². The van der Waals surface area contributed by atoms with E-state index in [1.807, 2.05) is 56.3 Å². The fraction of sp³-hybridized carbons (Fsp3) is 0.185. The van der Waals surface area contributed by atoms with Gasteiger partial charge in [0.05, 0.1) is 19.8 Å². The first-order valence-corrected chi connectivity index (χ1v) is 11.1. The second-order valence-corrected chi connectivity index (χ2v) is 7.48. The Morgan fingerprint density at radius 3 is 2.32 bits per heavy atom. The minimum atomic E-state index is -0.376. The van der Waals surface area contributed by atoms with Crippen LogP contribution in [0, 0.1) is 0 Å². The molecule has 2 amide bonds. The van der Waals surface area contributed by atoms with Gasteiger partial charge in [0.1, 0.15) is 11.3 Å². The Balaban J connectivity index is 1.34. The average Bonchev–Trinajstić information content (AvgIpc) is 3.29. The van der Waals surface area contributed by atoms with Crippen LogP contribution in [-0.4, -0.2) is 31.6 Å². The lowest BCUT2D eigenvalue weighted by atomic mass is 10.1. The summed E-state index contributed by atoms with van der Waals surface area (Å²) < 4.78 is 16.9. The lowest BCUT2D eigenvalue weighted by molar-refractivity contribution is -0.115. The molecule has 0 saturated heterocycles. The molecule has 174 valence electrons. The summed E-state index contributed by atoms with van der Waals surface area (Å²) in [5.41, 5.74) is 2.74. The maximum Gasteiger partial charge on any atom is 0.251 e. The molecule has 0 radical (unpaired) electrons. The van der Waals surface area contributed by atoms with Gasteiger partial charge in [-0.3, -0.25) is 9.59 Å². The molecule has 4 rings (SSSR count). The molecule has 7 heteroatoms. The molecule has 1 heterocycles. The first kappa shape index (κ1) is 22.9. The van der Waals surface area contributed by atoms with Crippen molar-refractivity contribution < 1.29 is 23.5 Å². The summed E-state index contributed by atoms with van der Waals surface area (Å²) in [7, 11) is 0. The highest BCUT2D eigenvalue weighted by Gasteiger charge is 2.13. The van der Waals surface area contributed by atoms with Crippen molar-refractivity contribution in [3.05, 3.63) is 78.4 Å². The van der Waals surface area contributed by atoms with Gasteiger partial charge in [0.25, 0.3) is 5.91 Å². The summed E-state index contributed by atoms with van der Waals surface area (Å²) in [6.45, 7) is 4.51. The number of fused-ring (bicyclic) bond motifs is 1. The summed E-state index contributed by atoms with van der Waals surface area (Å²) in [5, 5.41) is 6.45. The molecule has 7 nitrogen and oxygen atoms in total. The van der Waals surface area contributed by atoms with E-state index >= 15 is 0 Å². The summed E-state index contributed by atoms with van der Waals surface area (Å²) in [5.74, 6) is 1.11. The van der Waals surface area contributed by atoms with Crippen molar-refractivity contribution in [2.75, 3.05) is 25.1 Å². The number of benzene rings is 3. The third kappa shape index (κ3) is 5.38. The fourth-order valence-electron chi connectivity index (χ4n) is 3.50. The zero-order valence-electron chi connectivity index (χ0n) is 19.1. The van der Waals surface area contributed by atoms with E-state index in [0.29, 0.717) is 36.0 Å². The number of carbonyl (C=O) groups is 2. The van der Waals surface area contributed by atoms with E-state index in [-0.39, 0.29) is 18.4 Å². The molecule has 0 unspecified atom stereocenters. The van der Waals surface area contributed by atoms with Crippen LogP contribution in [-0.2, 0) is 4.79 Å². The van der Waals surface area contributed by atoms with Crippen molar-refractivity contribution >= 4 is 28.5 Å². The Bertz CT molecular complexity index is 1260. The lowest BCUT2D eigenvalue weighted by Crippen LogP contribution is -2.32. The highest BCUT2D eigenvalue weighted by molar-refractivity contribution is 5.99. The Morgan fingerprint density at radius 1 is 0.853 bits per heavy atom. The first-order valence-electron chi connectivity index (χ1n) is 11.1. The maximum absolute atomic E-state index is 12.5. The quantitative estimate of drug-likeness (QED) is 0.357. The van der Waals surface area contributed by atoms with E-state index in [0.717, 1.165) is 22.3 Å². The van der Waals surface area contributed by atoms with Crippen molar-refractivity contribution in [1.82, 2.24) is 5.32 Å². The van der Waals surface area contributed by atoms with Gasteiger partial charge < -0.3 is 24.5 Å². The number of carbonyl (C=O) groups excluding carboxylic acids is 2. The minimum Gasteiger partial charge on any atom is -0.490 e. The van der Waals surface area contributed by atoms with Crippen LogP contribution in [0.1, 0.15) is 24.2 Å². The number of hydrogen-bond acceptors (Lipinski definition) is 5. The number of ether oxygens (including phenoxy) is 2. The van der Waals surface area contributed by atoms with Gasteiger partial charge >= 0.3 is 0 Å². The molecule has 0 bridgehead atoms. The highest BCUT2D eigenvalue weighted by Crippen LogP contribution is 2.29. The zero-order chi connectivity index (χ0) is 23.9. The van der Waals surface area contributed by atoms with Gasteiger partial charge in [-0.05, 0) is 68.4 Å². The number of para-hydroxylation sites is 1. The monoisotopic (exact) mass is 458 g/mol. The van der Waals surface area contributed by atoms with E-state index < -0.39 is 0 Å². The molecule has 2 N–H and O–H groups in total.